The number of carbonyl (C=O) groups is 1. The summed E-state index contributed by atoms with van der Waals surface area (Å²) in [5, 5.41) is 13.4. The van der Waals surface area contributed by atoms with Gasteiger partial charge in [0.25, 0.3) is 0 Å². The summed E-state index contributed by atoms with van der Waals surface area (Å²) >= 11 is 0. The van der Waals surface area contributed by atoms with Gasteiger partial charge < -0.3 is 10.4 Å². The summed E-state index contributed by atoms with van der Waals surface area (Å²) in [5.74, 6) is -0.380. The van der Waals surface area contributed by atoms with E-state index in [0.717, 1.165) is 25.9 Å². The Hall–Kier alpha value is -1.46. The molecule has 0 bridgehead atoms. The van der Waals surface area contributed by atoms with Crippen molar-refractivity contribution in [1.82, 2.24) is 10.2 Å². The molecule has 4 nitrogen and oxygen atoms in total. The SMILES string of the molecule is O=C(CCc1ccccc1F)N[C@@H]1CC[C@@H](N2CCCC2)[C@@H]1O. The molecular formula is C18H25FN2O2. The molecule has 1 amide bonds. The lowest BCUT2D eigenvalue weighted by atomic mass is 10.1. The highest BCUT2D eigenvalue weighted by atomic mass is 19.1. The van der Waals surface area contributed by atoms with E-state index in [1.807, 2.05) is 0 Å². The topological polar surface area (TPSA) is 52.6 Å². The summed E-state index contributed by atoms with van der Waals surface area (Å²) < 4.78 is 13.6. The van der Waals surface area contributed by atoms with E-state index in [9.17, 15) is 14.3 Å². The Kier molecular flexibility index (Phi) is 5.28. The lowest BCUT2D eigenvalue weighted by Crippen LogP contribution is -2.47. The lowest BCUT2D eigenvalue weighted by Gasteiger charge is -2.28. The Morgan fingerprint density at radius 2 is 2.00 bits per heavy atom. The van der Waals surface area contributed by atoms with Gasteiger partial charge in [-0.05, 0) is 56.8 Å². The molecule has 0 radical (unpaired) electrons. The molecule has 1 aliphatic carbocycles. The minimum absolute atomic E-state index is 0.112. The fourth-order valence-electron chi connectivity index (χ4n) is 3.82. The molecule has 3 rings (SSSR count). The zero-order valence-electron chi connectivity index (χ0n) is 13.4. The van der Waals surface area contributed by atoms with Gasteiger partial charge in [0.1, 0.15) is 5.82 Å². The van der Waals surface area contributed by atoms with E-state index in [0.29, 0.717) is 12.0 Å². The van der Waals surface area contributed by atoms with Gasteiger partial charge in [0.15, 0.2) is 0 Å². The van der Waals surface area contributed by atoms with Gasteiger partial charge in [0.2, 0.25) is 5.91 Å². The van der Waals surface area contributed by atoms with Crippen LogP contribution >= 0.6 is 0 Å². The molecule has 1 heterocycles. The van der Waals surface area contributed by atoms with E-state index in [1.54, 1.807) is 18.2 Å². The number of hydrogen-bond donors (Lipinski definition) is 2. The van der Waals surface area contributed by atoms with Crippen LogP contribution in [0.3, 0.4) is 0 Å². The van der Waals surface area contributed by atoms with Crippen molar-refractivity contribution in [2.45, 2.75) is 56.7 Å². The number of aliphatic hydroxyl groups is 1. The van der Waals surface area contributed by atoms with Crippen molar-refractivity contribution in [2.24, 2.45) is 0 Å². The zero-order chi connectivity index (χ0) is 16.2. The minimum Gasteiger partial charge on any atom is -0.389 e. The monoisotopic (exact) mass is 320 g/mol. The molecule has 0 aromatic heterocycles. The molecule has 126 valence electrons. The highest BCUT2D eigenvalue weighted by Gasteiger charge is 2.39. The lowest BCUT2D eigenvalue weighted by molar-refractivity contribution is -0.122. The molecule has 1 aliphatic heterocycles. The summed E-state index contributed by atoms with van der Waals surface area (Å²) in [6.07, 6.45) is 4.28. The average molecular weight is 320 g/mol. The Morgan fingerprint density at radius 1 is 1.26 bits per heavy atom. The Balaban J connectivity index is 1.47. The Labute approximate surface area is 136 Å². The van der Waals surface area contributed by atoms with E-state index in [1.165, 1.54) is 18.9 Å². The number of benzene rings is 1. The van der Waals surface area contributed by atoms with Gasteiger partial charge in [0.05, 0.1) is 12.1 Å². The molecule has 0 unspecified atom stereocenters. The van der Waals surface area contributed by atoms with Crippen LogP contribution < -0.4 is 5.32 Å². The molecule has 2 N–H and O–H groups in total. The Bertz CT molecular complexity index is 546. The normalized spacial score (nSPS) is 28.2. The molecule has 1 aromatic carbocycles. The predicted molar refractivity (Wildman–Crippen MR) is 86.5 cm³/mol. The number of likely N-dealkylation sites (tertiary alicyclic amines) is 1. The molecule has 1 saturated heterocycles. The van der Waals surface area contributed by atoms with Gasteiger partial charge in [0, 0.05) is 12.5 Å². The highest BCUT2D eigenvalue weighted by Crippen LogP contribution is 2.27. The van der Waals surface area contributed by atoms with Crippen molar-refractivity contribution in [3.8, 4) is 0 Å². The summed E-state index contributed by atoms with van der Waals surface area (Å²) in [4.78, 5) is 14.4. The van der Waals surface area contributed by atoms with E-state index < -0.39 is 6.10 Å². The second-order valence-corrected chi connectivity index (χ2v) is 6.64. The number of hydrogen-bond acceptors (Lipinski definition) is 3. The number of aliphatic hydroxyl groups excluding tert-OH is 1. The summed E-state index contributed by atoms with van der Waals surface area (Å²) in [7, 11) is 0. The number of nitrogens with zero attached hydrogens (tertiary/aromatic N) is 1. The van der Waals surface area contributed by atoms with Crippen molar-refractivity contribution in [3.05, 3.63) is 35.6 Å². The summed E-state index contributed by atoms with van der Waals surface area (Å²) in [6, 6.07) is 6.54. The standard InChI is InChI=1S/C18H25FN2O2/c19-14-6-2-1-5-13(14)7-10-17(22)20-15-8-9-16(18(15)23)21-11-3-4-12-21/h1-2,5-6,15-16,18,23H,3-4,7-12H2,(H,20,22)/t15-,16-,18-/m1/s1. The van der Waals surface area contributed by atoms with Gasteiger partial charge in [-0.25, -0.2) is 4.39 Å². The number of amides is 1. The second-order valence-electron chi connectivity index (χ2n) is 6.64. The van der Waals surface area contributed by atoms with Crippen LogP contribution in [0, 0.1) is 5.82 Å². The van der Waals surface area contributed by atoms with Crippen molar-refractivity contribution in [3.63, 3.8) is 0 Å². The maximum absolute atomic E-state index is 13.6. The van der Waals surface area contributed by atoms with Crippen molar-refractivity contribution in [2.75, 3.05) is 13.1 Å². The highest BCUT2D eigenvalue weighted by molar-refractivity contribution is 5.76. The number of rotatable bonds is 5. The first-order chi connectivity index (χ1) is 11.1. The van der Waals surface area contributed by atoms with Crippen LogP contribution in [0.2, 0.25) is 0 Å². The van der Waals surface area contributed by atoms with E-state index >= 15 is 0 Å². The van der Waals surface area contributed by atoms with Gasteiger partial charge in [-0.3, -0.25) is 9.69 Å². The molecule has 5 heteroatoms. The first-order valence-corrected chi connectivity index (χ1v) is 8.60. The molecule has 2 fully saturated rings. The van der Waals surface area contributed by atoms with Crippen LogP contribution in [0.5, 0.6) is 0 Å². The first-order valence-electron chi connectivity index (χ1n) is 8.60. The molecule has 0 spiro atoms. The van der Waals surface area contributed by atoms with Gasteiger partial charge in [-0.15, -0.1) is 0 Å². The second kappa shape index (κ2) is 7.41. The fraction of sp³-hybridized carbons (Fsp3) is 0.611. The van der Waals surface area contributed by atoms with Crippen LogP contribution in [0.1, 0.15) is 37.7 Å². The van der Waals surface area contributed by atoms with E-state index in [4.69, 9.17) is 0 Å². The van der Waals surface area contributed by atoms with Crippen LogP contribution in [0.15, 0.2) is 24.3 Å². The molecular weight excluding hydrogens is 295 g/mol. The van der Waals surface area contributed by atoms with E-state index in [2.05, 4.69) is 10.2 Å². The first kappa shape index (κ1) is 16.4. The van der Waals surface area contributed by atoms with Crippen LogP contribution in [-0.2, 0) is 11.2 Å². The predicted octanol–water partition coefficient (Wildman–Crippen LogP) is 1.86. The maximum Gasteiger partial charge on any atom is 0.220 e. The third kappa shape index (κ3) is 3.90. The largest absolute Gasteiger partial charge is 0.389 e. The third-order valence-electron chi connectivity index (χ3n) is 5.12. The summed E-state index contributed by atoms with van der Waals surface area (Å²) in [6.45, 7) is 2.10. The Morgan fingerprint density at radius 3 is 2.74 bits per heavy atom. The smallest absolute Gasteiger partial charge is 0.220 e. The van der Waals surface area contributed by atoms with Crippen LogP contribution in [0.4, 0.5) is 4.39 Å². The quantitative estimate of drug-likeness (QED) is 0.871. The van der Waals surface area contributed by atoms with E-state index in [-0.39, 0.29) is 30.2 Å². The molecule has 2 aliphatic rings. The minimum atomic E-state index is -0.495. The number of halogens is 1. The third-order valence-corrected chi connectivity index (χ3v) is 5.12. The van der Waals surface area contributed by atoms with Gasteiger partial charge >= 0.3 is 0 Å². The number of carbonyl (C=O) groups excluding carboxylic acids is 1. The van der Waals surface area contributed by atoms with Crippen molar-refractivity contribution < 1.29 is 14.3 Å². The van der Waals surface area contributed by atoms with Crippen molar-refractivity contribution in [1.29, 1.82) is 0 Å². The summed E-state index contributed by atoms with van der Waals surface area (Å²) in [5.41, 5.74) is 0.560. The van der Waals surface area contributed by atoms with Crippen molar-refractivity contribution >= 4 is 5.91 Å². The number of aryl methyl sites for hydroxylation is 1. The molecule has 1 aromatic rings. The van der Waals surface area contributed by atoms with Gasteiger partial charge in [-0.1, -0.05) is 18.2 Å². The average Bonchev–Trinajstić information content (AvgIpc) is 3.17. The number of nitrogens with one attached hydrogen (secondary N) is 1. The fourth-order valence-corrected chi connectivity index (χ4v) is 3.82. The van der Waals surface area contributed by atoms with Gasteiger partial charge in [-0.2, -0.15) is 0 Å². The maximum atomic E-state index is 13.6. The van der Waals surface area contributed by atoms with Crippen LogP contribution in [0.25, 0.3) is 0 Å². The molecule has 3 atom stereocenters. The van der Waals surface area contributed by atoms with Crippen LogP contribution in [-0.4, -0.2) is 47.2 Å². The molecule has 1 saturated carbocycles. The molecule has 23 heavy (non-hydrogen) atoms. The zero-order valence-corrected chi connectivity index (χ0v) is 13.4.